The minimum absolute atomic E-state index is 0.295. The predicted molar refractivity (Wildman–Crippen MR) is 143 cm³/mol. The SMILES string of the molecule is COc1cc2nc(NCc3cccs3)nc(NCc3ccc(C(=O)OCC(C)C)cc3)c2cc1OC. The summed E-state index contributed by atoms with van der Waals surface area (Å²) < 4.78 is 16.3. The Morgan fingerprint density at radius 3 is 2.39 bits per heavy atom. The highest BCUT2D eigenvalue weighted by atomic mass is 32.1. The van der Waals surface area contributed by atoms with Gasteiger partial charge in [-0.25, -0.2) is 9.78 Å². The third-order valence-corrected chi connectivity index (χ3v) is 6.28. The predicted octanol–water partition coefficient (Wildman–Crippen LogP) is 5.75. The Bertz CT molecular complexity index is 1310. The van der Waals surface area contributed by atoms with Gasteiger partial charge in [0.15, 0.2) is 11.5 Å². The maximum atomic E-state index is 12.2. The van der Waals surface area contributed by atoms with Crippen molar-refractivity contribution in [3.05, 3.63) is 69.9 Å². The molecule has 36 heavy (non-hydrogen) atoms. The number of methoxy groups -OCH3 is 2. The van der Waals surface area contributed by atoms with Crippen LogP contribution in [0.3, 0.4) is 0 Å². The molecular formula is C27H30N4O4S. The number of hydrogen-bond donors (Lipinski definition) is 2. The number of esters is 1. The van der Waals surface area contributed by atoms with Crippen molar-refractivity contribution >= 4 is 40.0 Å². The number of ether oxygens (including phenoxy) is 3. The van der Waals surface area contributed by atoms with E-state index >= 15 is 0 Å². The van der Waals surface area contributed by atoms with Gasteiger partial charge in [-0.1, -0.05) is 32.0 Å². The molecule has 188 valence electrons. The first kappa shape index (κ1) is 25.2. The van der Waals surface area contributed by atoms with E-state index in [1.165, 1.54) is 4.88 Å². The van der Waals surface area contributed by atoms with Crippen molar-refractivity contribution in [3.63, 3.8) is 0 Å². The van der Waals surface area contributed by atoms with E-state index in [-0.39, 0.29) is 5.97 Å². The number of thiophene rings is 1. The van der Waals surface area contributed by atoms with Gasteiger partial charge in [-0.2, -0.15) is 4.98 Å². The molecule has 4 aromatic rings. The number of aromatic nitrogens is 2. The van der Waals surface area contributed by atoms with Crippen LogP contribution < -0.4 is 20.1 Å². The molecular weight excluding hydrogens is 476 g/mol. The van der Waals surface area contributed by atoms with E-state index in [0.29, 0.717) is 54.4 Å². The van der Waals surface area contributed by atoms with Gasteiger partial charge in [0.05, 0.1) is 38.5 Å². The fourth-order valence-electron chi connectivity index (χ4n) is 3.52. The molecule has 0 aliphatic carbocycles. The number of carbonyl (C=O) groups is 1. The zero-order valence-corrected chi connectivity index (χ0v) is 21.6. The van der Waals surface area contributed by atoms with Crippen molar-refractivity contribution < 1.29 is 19.0 Å². The second kappa shape index (κ2) is 11.7. The third kappa shape index (κ3) is 6.23. The van der Waals surface area contributed by atoms with Gasteiger partial charge in [0, 0.05) is 22.9 Å². The van der Waals surface area contributed by atoms with E-state index in [0.717, 1.165) is 16.5 Å². The number of carbonyl (C=O) groups excluding carboxylic acids is 1. The largest absolute Gasteiger partial charge is 0.493 e. The zero-order valence-electron chi connectivity index (χ0n) is 20.8. The summed E-state index contributed by atoms with van der Waals surface area (Å²) in [6.07, 6.45) is 0. The molecule has 8 nitrogen and oxygen atoms in total. The monoisotopic (exact) mass is 506 g/mol. The molecule has 0 radical (unpaired) electrons. The highest BCUT2D eigenvalue weighted by Gasteiger charge is 2.14. The molecule has 2 N–H and O–H groups in total. The van der Waals surface area contributed by atoms with Crippen LogP contribution in [0, 0.1) is 5.92 Å². The van der Waals surface area contributed by atoms with E-state index in [4.69, 9.17) is 24.2 Å². The van der Waals surface area contributed by atoms with Crippen LogP contribution in [0.5, 0.6) is 11.5 Å². The fraction of sp³-hybridized carbons (Fsp3) is 0.296. The summed E-state index contributed by atoms with van der Waals surface area (Å²) in [4.78, 5) is 22.8. The molecule has 0 saturated carbocycles. The Balaban J connectivity index is 1.56. The summed E-state index contributed by atoms with van der Waals surface area (Å²) in [6.45, 7) is 5.55. The molecule has 4 rings (SSSR count). The molecule has 0 saturated heterocycles. The molecule has 2 aromatic heterocycles. The molecule has 0 unspecified atom stereocenters. The lowest BCUT2D eigenvalue weighted by atomic mass is 10.1. The molecule has 0 amide bonds. The molecule has 9 heteroatoms. The number of fused-ring (bicyclic) bond motifs is 1. The first-order valence-electron chi connectivity index (χ1n) is 11.7. The molecule has 2 heterocycles. The van der Waals surface area contributed by atoms with E-state index in [1.807, 2.05) is 49.6 Å². The maximum Gasteiger partial charge on any atom is 0.338 e. The summed E-state index contributed by atoms with van der Waals surface area (Å²) in [6, 6.07) is 15.2. The highest BCUT2D eigenvalue weighted by Crippen LogP contribution is 2.34. The first-order chi connectivity index (χ1) is 17.5. The average molecular weight is 507 g/mol. The molecule has 2 aromatic carbocycles. The molecule has 0 spiro atoms. The van der Waals surface area contributed by atoms with E-state index in [1.54, 1.807) is 37.7 Å². The number of anilines is 2. The van der Waals surface area contributed by atoms with Crippen molar-refractivity contribution in [2.24, 2.45) is 5.92 Å². The smallest absolute Gasteiger partial charge is 0.338 e. The maximum absolute atomic E-state index is 12.2. The van der Waals surface area contributed by atoms with Crippen LogP contribution in [0.2, 0.25) is 0 Å². The van der Waals surface area contributed by atoms with Crippen LogP contribution in [-0.2, 0) is 17.8 Å². The van der Waals surface area contributed by atoms with Gasteiger partial charge in [0.2, 0.25) is 5.95 Å². The second-order valence-corrected chi connectivity index (χ2v) is 9.63. The number of rotatable bonds is 11. The van der Waals surface area contributed by atoms with Crippen LogP contribution in [0.1, 0.15) is 34.6 Å². The summed E-state index contributed by atoms with van der Waals surface area (Å²) in [5, 5.41) is 9.57. The Hall–Kier alpha value is -3.85. The summed E-state index contributed by atoms with van der Waals surface area (Å²) in [5.41, 5.74) is 2.25. The van der Waals surface area contributed by atoms with Crippen LogP contribution in [0.25, 0.3) is 10.9 Å². The number of benzene rings is 2. The van der Waals surface area contributed by atoms with Crippen LogP contribution >= 0.6 is 11.3 Å². The van der Waals surface area contributed by atoms with Crippen molar-refractivity contribution in [3.8, 4) is 11.5 Å². The van der Waals surface area contributed by atoms with Gasteiger partial charge >= 0.3 is 5.97 Å². The lowest BCUT2D eigenvalue weighted by Gasteiger charge is -2.14. The Kier molecular flexibility index (Phi) is 8.22. The normalized spacial score (nSPS) is 10.9. The van der Waals surface area contributed by atoms with E-state index in [2.05, 4.69) is 16.7 Å². The molecule has 0 aliphatic rings. The van der Waals surface area contributed by atoms with Crippen molar-refractivity contribution in [1.29, 1.82) is 0 Å². The fourth-order valence-corrected chi connectivity index (χ4v) is 4.16. The number of hydrogen-bond acceptors (Lipinski definition) is 9. The Labute approximate surface area is 214 Å². The van der Waals surface area contributed by atoms with Gasteiger partial charge in [0.25, 0.3) is 0 Å². The zero-order chi connectivity index (χ0) is 25.5. The van der Waals surface area contributed by atoms with Crippen molar-refractivity contribution in [2.75, 3.05) is 31.5 Å². The summed E-state index contributed by atoms with van der Waals surface area (Å²) >= 11 is 1.67. The van der Waals surface area contributed by atoms with Crippen LogP contribution in [0.4, 0.5) is 11.8 Å². The van der Waals surface area contributed by atoms with Gasteiger partial charge in [-0.05, 0) is 41.1 Å². The summed E-state index contributed by atoms with van der Waals surface area (Å²) in [7, 11) is 3.20. The van der Waals surface area contributed by atoms with Gasteiger partial charge in [-0.15, -0.1) is 11.3 Å². The quantitative estimate of drug-likeness (QED) is 0.249. The van der Waals surface area contributed by atoms with Gasteiger partial charge in [0.1, 0.15) is 5.82 Å². The van der Waals surface area contributed by atoms with Crippen molar-refractivity contribution in [1.82, 2.24) is 9.97 Å². The Morgan fingerprint density at radius 2 is 1.72 bits per heavy atom. The average Bonchev–Trinajstić information content (AvgIpc) is 3.42. The minimum atomic E-state index is -0.312. The highest BCUT2D eigenvalue weighted by molar-refractivity contribution is 7.09. The Morgan fingerprint density at radius 1 is 0.972 bits per heavy atom. The standard InChI is InChI=1S/C27H30N4O4S/c1-17(2)16-35-26(32)19-9-7-18(8-10-19)14-28-25-21-12-23(33-3)24(34-4)13-22(21)30-27(31-25)29-15-20-6-5-11-36-20/h5-13,17H,14-16H2,1-4H3,(H2,28,29,30,31). The minimum Gasteiger partial charge on any atom is -0.493 e. The van der Waals surface area contributed by atoms with Crippen LogP contribution in [-0.4, -0.2) is 36.8 Å². The van der Waals surface area contributed by atoms with Gasteiger partial charge < -0.3 is 24.8 Å². The molecule has 0 fully saturated rings. The number of nitrogens with zero attached hydrogens (tertiary/aromatic N) is 2. The lowest BCUT2D eigenvalue weighted by molar-refractivity contribution is 0.0459. The lowest BCUT2D eigenvalue weighted by Crippen LogP contribution is -2.10. The molecule has 0 aliphatic heterocycles. The molecule has 0 bridgehead atoms. The first-order valence-corrected chi connectivity index (χ1v) is 12.5. The third-order valence-electron chi connectivity index (χ3n) is 5.40. The van der Waals surface area contributed by atoms with Gasteiger partial charge in [-0.3, -0.25) is 0 Å². The molecule has 0 atom stereocenters. The van der Waals surface area contributed by atoms with E-state index in [9.17, 15) is 4.79 Å². The van der Waals surface area contributed by atoms with Crippen molar-refractivity contribution in [2.45, 2.75) is 26.9 Å². The topological polar surface area (TPSA) is 94.6 Å². The second-order valence-electron chi connectivity index (χ2n) is 8.60. The van der Waals surface area contributed by atoms with Crippen LogP contribution in [0.15, 0.2) is 53.9 Å². The number of nitrogens with one attached hydrogen (secondary N) is 2. The summed E-state index contributed by atoms with van der Waals surface area (Å²) in [5.74, 6) is 2.35. The van der Waals surface area contributed by atoms with E-state index < -0.39 is 0 Å².